The fraction of sp³-hybridized carbons (Fsp3) is 0.300. The van der Waals surface area contributed by atoms with Gasteiger partial charge in [-0.25, -0.2) is 0 Å². The quantitative estimate of drug-likeness (QED) is 0.828. The molecule has 0 saturated carbocycles. The van der Waals surface area contributed by atoms with Gasteiger partial charge in [0.15, 0.2) is 0 Å². The van der Waals surface area contributed by atoms with Crippen molar-refractivity contribution in [1.82, 2.24) is 4.90 Å². The Balaban J connectivity index is 1.92. The minimum Gasteiger partial charge on any atom is -0.497 e. The first-order valence-electron chi connectivity index (χ1n) is 8.24. The standard InChI is InChI=1S/C20H24N2O4/c1-14-8-9-15(10-18(14)26-4)11-20(24)22(2)13-19(23)21-16-6-5-7-17(12-16)25-3/h5-10,12H,11,13H2,1-4H3,(H,21,23). The molecular formula is C20H24N2O4. The molecule has 138 valence electrons. The second-order valence-corrected chi connectivity index (χ2v) is 6.01. The van der Waals surface area contributed by atoms with Crippen molar-refractivity contribution in [2.45, 2.75) is 13.3 Å². The van der Waals surface area contributed by atoms with Crippen LogP contribution in [0, 0.1) is 6.92 Å². The Morgan fingerprint density at radius 3 is 2.54 bits per heavy atom. The number of hydrogen-bond donors (Lipinski definition) is 1. The molecule has 0 unspecified atom stereocenters. The second kappa shape index (κ2) is 8.89. The van der Waals surface area contributed by atoms with Crippen LogP contribution >= 0.6 is 0 Å². The van der Waals surface area contributed by atoms with Gasteiger partial charge in [0.25, 0.3) is 0 Å². The van der Waals surface area contributed by atoms with Gasteiger partial charge in [0.1, 0.15) is 11.5 Å². The normalized spacial score (nSPS) is 10.2. The summed E-state index contributed by atoms with van der Waals surface area (Å²) in [5.41, 5.74) is 2.48. The Labute approximate surface area is 153 Å². The number of aryl methyl sites for hydroxylation is 1. The molecule has 0 aliphatic heterocycles. The zero-order valence-electron chi connectivity index (χ0n) is 15.5. The molecule has 0 atom stereocenters. The Morgan fingerprint density at radius 1 is 1.08 bits per heavy atom. The van der Waals surface area contributed by atoms with E-state index in [0.29, 0.717) is 11.4 Å². The summed E-state index contributed by atoms with van der Waals surface area (Å²) >= 11 is 0. The lowest BCUT2D eigenvalue weighted by molar-refractivity contribution is -0.132. The zero-order chi connectivity index (χ0) is 19.1. The van der Waals surface area contributed by atoms with Crippen molar-refractivity contribution < 1.29 is 19.1 Å². The maximum Gasteiger partial charge on any atom is 0.243 e. The predicted molar refractivity (Wildman–Crippen MR) is 101 cm³/mol. The van der Waals surface area contributed by atoms with E-state index in [4.69, 9.17) is 9.47 Å². The molecule has 0 aromatic heterocycles. The lowest BCUT2D eigenvalue weighted by Crippen LogP contribution is -2.35. The van der Waals surface area contributed by atoms with Gasteiger partial charge in [-0.3, -0.25) is 9.59 Å². The molecule has 2 aromatic rings. The number of amides is 2. The van der Waals surface area contributed by atoms with Crippen LogP contribution in [0.2, 0.25) is 0 Å². The van der Waals surface area contributed by atoms with Crippen LogP contribution < -0.4 is 14.8 Å². The van der Waals surface area contributed by atoms with Crippen LogP contribution in [0.15, 0.2) is 42.5 Å². The molecule has 0 fully saturated rings. The van der Waals surface area contributed by atoms with Crippen molar-refractivity contribution in [2.75, 3.05) is 33.1 Å². The number of nitrogens with zero attached hydrogens (tertiary/aromatic N) is 1. The average Bonchev–Trinajstić information content (AvgIpc) is 2.63. The van der Waals surface area contributed by atoms with Crippen LogP contribution in [0.1, 0.15) is 11.1 Å². The molecule has 0 spiro atoms. The molecule has 0 saturated heterocycles. The average molecular weight is 356 g/mol. The van der Waals surface area contributed by atoms with Crippen LogP contribution in [0.4, 0.5) is 5.69 Å². The van der Waals surface area contributed by atoms with Gasteiger partial charge in [0, 0.05) is 18.8 Å². The molecular weight excluding hydrogens is 332 g/mol. The van der Waals surface area contributed by atoms with Crippen molar-refractivity contribution in [2.24, 2.45) is 0 Å². The van der Waals surface area contributed by atoms with Crippen LogP contribution in [0.3, 0.4) is 0 Å². The lowest BCUT2D eigenvalue weighted by atomic mass is 10.1. The summed E-state index contributed by atoms with van der Waals surface area (Å²) in [4.78, 5) is 25.9. The summed E-state index contributed by atoms with van der Waals surface area (Å²) < 4.78 is 10.4. The molecule has 0 heterocycles. The number of carbonyl (C=O) groups excluding carboxylic acids is 2. The molecule has 1 N–H and O–H groups in total. The van der Waals surface area contributed by atoms with E-state index in [1.54, 1.807) is 45.5 Å². The van der Waals surface area contributed by atoms with Crippen LogP contribution in [0.25, 0.3) is 0 Å². The number of ether oxygens (including phenoxy) is 2. The summed E-state index contributed by atoms with van der Waals surface area (Å²) in [5.74, 6) is 0.988. The first kappa shape index (κ1) is 19.3. The van der Waals surface area contributed by atoms with E-state index >= 15 is 0 Å². The molecule has 26 heavy (non-hydrogen) atoms. The van der Waals surface area contributed by atoms with Gasteiger partial charge in [0.2, 0.25) is 11.8 Å². The monoisotopic (exact) mass is 356 g/mol. The van der Waals surface area contributed by atoms with E-state index in [2.05, 4.69) is 5.32 Å². The highest BCUT2D eigenvalue weighted by Crippen LogP contribution is 2.20. The maximum atomic E-state index is 12.4. The molecule has 0 aliphatic rings. The van der Waals surface area contributed by atoms with E-state index in [0.717, 1.165) is 16.9 Å². The Hall–Kier alpha value is -3.02. The fourth-order valence-corrected chi connectivity index (χ4v) is 2.49. The summed E-state index contributed by atoms with van der Waals surface area (Å²) in [5, 5.41) is 2.76. The molecule has 0 aliphatic carbocycles. The summed E-state index contributed by atoms with van der Waals surface area (Å²) in [6, 6.07) is 12.7. The van der Waals surface area contributed by atoms with Crippen molar-refractivity contribution in [3.05, 3.63) is 53.6 Å². The van der Waals surface area contributed by atoms with Crippen molar-refractivity contribution in [3.63, 3.8) is 0 Å². The smallest absolute Gasteiger partial charge is 0.243 e. The number of rotatable bonds is 7. The third-order valence-electron chi connectivity index (χ3n) is 3.99. The Kier molecular flexibility index (Phi) is 6.60. The van der Waals surface area contributed by atoms with Crippen molar-refractivity contribution in [1.29, 1.82) is 0 Å². The van der Waals surface area contributed by atoms with Crippen LogP contribution in [0.5, 0.6) is 11.5 Å². The number of likely N-dealkylation sites (N-methyl/N-ethyl adjacent to an activating group) is 1. The molecule has 2 amide bonds. The zero-order valence-corrected chi connectivity index (χ0v) is 15.5. The Bertz CT molecular complexity index is 789. The molecule has 0 radical (unpaired) electrons. The molecule has 2 rings (SSSR count). The van der Waals surface area contributed by atoms with Gasteiger partial charge < -0.3 is 19.7 Å². The van der Waals surface area contributed by atoms with Crippen LogP contribution in [-0.4, -0.2) is 44.5 Å². The molecule has 6 heteroatoms. The third kappa shape index (κ3) is 5.24. The number of carbonyl (C=O) groups is 2. The van der Waals surface area contributed by atoms with Gasteiger partial charge in [0.05, 0.1) is 27.2 Å². The predicted octanol–water partition coefficient (Wildman–Crippen LogP) is 2.65. The topological polar surface area (TPSA) is 67.9 Å². The van der Waals surface area contributed by atoms with Gasteiger partial charge in [-0.2, -0.15) is 0 Å². The van der Waals surface area contributed by atoms with E-state index in [-0.39, 0.29) is 24.8 Å². The SMILES string of the molecule is COc1cccc(NC(=O)CN(C)C(=O)Cc2ccc(C)c(OC)c2)c1. The highest BCUT2D eigenvalue weighted by Gasteiger charge is 2.14. The highest BCUT2D eigenvalue weighted by molar-refractivity contribution is 5.94. The van der Waals surface area contributed by atoms with Crippen LogP contribution in [-0.2, 0) is 16.0 Å². The van der Waals surface area contributed by atoms with E-state index in [1.807, 2.05) is 25.1 Å². The number of methoxy groups -OCH3 is 2. The molecule has 2 aromatic carbocycles. The lowest BCUT2D eigenvalue weighted by Gasteiger charge is -2.17. The fourth-order valence-electron chi connectivity index (χ4n) is 2.49. The van der Waals surface area contributed by atoms with E-state index in [9.17, 15) is 9.59 Å². The molecule has 0 bridgehead atoms. The summed E-state index contributed by atoms with van der Waals surface area (Å²) in [6.07, 6.45) is 0.208. The highest BCUT2D eigenvalue weighted by atomic mass is 16.5. The van der Waals surface area contributed by atoms with Gasteiger partial charge >= 0.3 is 0 Å². The second-order valence-electron chi connectivity index (χ2n) is 6.01. The van der Waals surface area contributed by atoms with Gasteiger partial charge in [-0.1, -0.05) is 18.2 Å². The molecule has 6 nitrogen and oxygen atoms in total. The number of nitrogens with one attached hydrogen (secondary N) is 1. The number of anilines is 1. The first-order valence-corrected chi connectivity index (χ1v) is 8.24. The van der Waals surface area contributed by atoms with E-state index < -0.39 is 0 Å². The van der Waals surface area contributed by atoms with Gasteiger partial charge in [-0.05, 0) is 36.2 Å². The number of benzene rings is 2. The minimum atomic E-state index is -0.268. The Morgan fingerprint density at radius 2 is 1.85 bits per heavy atom. The summed E-state index contributed by atoms with van der Waals surface area (Å²) in [7, 11) is 4.77. The van der Waals surface area contributed by atoms with Crippen molar-refractivity contribution >= 4 is 17.5 Å². The van der Waals surface area contributed by atoms with E-state index in [1.165, 1.54) is 4.90 Å². The van der Waals surface area contributed by atoms with Gasteiger partial charge in [-0.15, -0.1) is 0 Å². The largest absolute Gasteiger partial charge is 0.497 e. The summed E-state index contributed by atoms with van der Waals surface area (Å²) in [6.45, 7) is 1.92. The first-order chi connectivity index (χ1) is 12.4. The number of hydrogen-bond acceptors (Lipinski definition) is 4. The third-order valence-corrected chi connectivity index (χ3v) is 3.99. The van der Waals surface area contributed by atoms with Crippen molar-refractivity contribution in [3.8, 4) is 11.5 Å². The maximum absolute atomic E-state index is 12.4. The minimum absolute atomic E-state index is 0.0287.